The summed E-state index contributed by atoms with van der Waals surface area (Å²) in [5, 5.41) is 4.47. The van der Waals surface area contributed by atoms with Gasteiger partial charge in [0.2, 0.25) is 0 Å². The molecule has 2 N–H and O–H groups in total. The quantitative estimate of drug-likeness (QED) is 0.788. The summed E-state index contributed by atoms with van der Waals surface area (Å²) in [6.07, 6.45) is 5.08. The first-order chi connectivity index (χ1) is 9.18. The molecule has 0 atom stereocenters. The molecule has 3 aromatic heterocycles. The standard InChI is InChI=1S/C13H11BrN4O/c1-18-13(15)10(8-2-5-16-6-3-8)11(17-18)9-4-7-19-12(9)14/h2-7H,15H2,1H3. The molecular formula is C13H11BrN4O. The van der Waals surface area contributed by atoms with Gasteiger partial charge >= 0.3 is 0 Å². The fraction of sp³-hybridized carbons (Fsp3) is 0.0769. The van der Waals surface area contributed by atoms with E-state index in [1.54, 1.807) is 23.3 Å². The van der Waals surface area contributed by atoms with E-state index in [9.17, 15) is 0 Å². The lowest BCUT2D eigenvalue weighted by Crippen LogP contribution is -1.97. The van der Waals surface area contributed by atoms with Crippen molar-refractivity contribution in [1.82, 2.24) is 14.8 Å². The van der Waals surface area contributed by atoms with Crippen molar-refractivity contribution >= 4 is 21.7 Å². The van der Waals surface area contributed by atoms with Crippen molar-refractivity contribution in [3.63, 3.8) is 0 Å². The summed E-state index contributed by atoms with van der Waals surface area (Å²) in [6.45, 7) is 0. The molecule has 0 amide bonds. The van der Waals surface area contributed by atoms with Gasteiger partial charge in [0.1, 0.15) is 11.5 Å². The lowest BCUT2D eigenvalue weighted by molar-refractivity contribution is 0.542. The van der Waals surface area contributed by atoms with Gasteiger partial charge < -0.3 is 10.2 Å². The second-order valence-electron chi connectivity index (χ2n) is 4.08. The summed E-state index contributed by atoms with van der Waals surface area (Å²) in [5.41, 5.74) is 9.64. The summed E-state index contributed by atoms with van der Waals surface area (Å²) in [5.74, 6) is 0.606. The molecule has 0 saturated heterocycles. The molecule has 0 aliphatic carbocycles. The van der Waals surface area contributed by atoms with E-state index >= 15 is 0 Å². The highest BCUT2D eigenvalue weighted by molar-refractivity contribution is 9.10. The first-order valence-corrected chi connectivity index (χ1v) is 6.44. The van der Waals surface area contributed by atoms with Crippen LogP contribution in [0.4, 0.5) is 5.82 Å². The average Bonchev–Trinajstić information content (AvgIpc) is 2.96. The Morgan fingerprint density at radius 1 is 1.26 bits per heavy atom. The Hall–Kier alpha value is -2.08. The van der Waals surface area contributed by atoms with Gasteiger partial charge in [0, 0.05) is 19.4 Å². The van der Waals surface area contributed by atoms with Gasteiger partial charge in [-0.1, -0.05) is 0 Å². The summed E-state index contributed by atoms with van der Waals surface area (Å²) in [4.78, 5) is 4.02. The Morgan fingerprint density at radius 3 is 2.63 bits per heavy atom. The molecule has 0 aliphatic heterocycles. The van der Waals surface area contributed by atoms with Crippen LogP contribution in [0, 0.1) is 0 Å². The predicted molar refractivity (Wildman–Crippen MR) is 76.3 cm³/mol. The van der Waals surface area contributed by atoms with Gasteiger partial charge in [0.25, 0.3) is 0 Å². The Kier molecular flexibility index (Phi) is 2.87. The molecule has 0 fully saturated rings. The van der Waals surface area contributed by atoms with Crippen molar-refractivity contribution in [3.8, 4) is 22.4 Å². The summed E-state index contributed by atoms with van der Waals surface area (Å²) >= 11 is 3.37. The lowest BCUT2D eigenvalue weighted by Gasteiger charge is -2.02. The third-order valence-corrected chi connectivity index (χ3v) is 3.55. The van der Waals surface area contributed by atoms with Crippen LogP contribution in [-0.4, -0.2) is 14.8 Å². The van der Waals surface area contributed by atoms with E-state index in [-0.39, 0.29) is 0 Å². The molecule has 0 aromatic carbocycles. The smallest absolute Gasteiger partial charge is 0.178 e. The van der Waals surface area contributed by atoms with Crippen molar-refractivity contribution in [3.05, 3.63) is 41.5 Å². The van der Waals surface area contributed by atoms with Crippen LogP contribution >= 0.6 is 15.9 Å². The van der Waals surface area contributed by atoms with Crippen LogP contribution in [0.1, 0.15) is 0 Å². The minimum absolute atomic E-state index is 0.606. The van der Waals surface area contributed by atoms with E-state index in [0.29, 0.717) is 10.5 Å². The highest BCUT2D eigenvalue weighted by Crippen LogP contribution is 2.38. The van der Waals surface area contributed by atoms with Crippen LogP contribution in [0.2, 0.25) is 0 Å². The SMILES string of the molecule is Cn1nc(-c2ccoc2Br)c(-c2ccncc2)c1N. The molecule has 0 unspecified atom stereocenters. The second kappa shape index (κ2) is 4.55. The number of nitrogen functional groups attached to an aromatic ring is 1. The van der Waals surface area contributed by atoms with Crippen molar-refractivity contribution in [1.29, 1.82) is 0 Å². The maximum absolute atomic E-state index is 6.13. The molecule has 0 spiro atoms. The molecule has 0 bridgehead atoms. The van der Waals surface area contributed by atoms with Crippen molar-refractivity contribution in [2.75, 3.05) is 5.73 Å². The van der Waals surface area contributed by atoms with Crippen LogP contribution in [0.15, 0.2) is 45.9 Å². The first-order valence-electron chi connectivity index (χ1n) is 5.64. The van der Waals surface area contributed by atoms with Crippen LogP contribution in [-0.2, 0) is 7.05 Å². The topological polar surface area (TPSA) is 69.9 Å². The molecule has 96 valence electrons. The number of nitrogens with two attached hydrogens (primary N) is 1. The van der Waals surface area contributed by atoms with Gasteiger partial charge in [-0.05, 0) is 39.7 Å². The highest BCUT2D eigenvalue weighted by atomic mass is 79.9. The molecule has 5 nitrogen and oxygen atoms in total. The molecule has 0 aliphatic rings. The summed E-state index contributed by atoms with van der Waals surface area (Å²) < 4.78 is 7.57. The van der Waals surface area contributed by atoms with Gasteiger partial charge in [-0.15, -0.1) is 0 Å². The lowest BCUT2D eigenvalue weighted by atomic mass is 10.0. The number of hydrogen-bond donors (Lipinski definition) is 1. The van der Waals surface area contributed by atoms with Gasteiger partial charge in [-0.25, -0.2) is 0 Å². The Labute approximate surface area is 118 Å². The van der Waals surface area contributed by atoms with E-state index in [0.717, 1.165) is 22.4 Å². The molecule has 3 heterocycles. The third kappa shape index (κ3) is 1.94. The maximum Gasteiger partial charge on any atom is 0.178 e. The number of hydrogen-bond acceptors (Lipinski definition) is 4. The minimum Gasteiger partial charge on any atom is -0.457 e. The highest BCUT2D eigenvalue weighted by Gasteiger charge is 2.20. The Bertz CT molecular complexity index is 718. The normalized spacial score (nSPS) is 10.8. The van der Waals surface area contributed by atoms with E-state index in [1.165, 1.54) is 0 Å². The van der Waals surface area contributed by atoms with Crippen LogP contribution < -0.4 is 5.73 Å². The fourth-order valence-electron chi connectivity index (χ4n) is 1.99. The number of anilines is 1. The van der Waals surface area contributed by atoms with Crippen LogP contribution in [0.3, 0.4) is 0 Å². The molecule has 19 heavy (non-hydrogen) atoms. The average molecular weight is 319 g/mol. The van der Waals surface area contributed by atoms with E-state index < -0.39 is 0 Å². The van der Waals surface area contributed by atoms with E-state index in [1.807, 2.05) is 25.2 Å². The summed E-state index contributed by atoms with van der Waals surface area (Å²) in [6, 6.07) is 5.67. The molecule has 3 aromatic rings. The fourth-order valence-corrected chi connectivity index (χ4v) is 2.42. The number of aryl methyl sites for hydroxylation is 1. The number of halogens is 1. The van der Waals surface area contributed by atoms with Crippen molar-refractivity contribution in [2.24, 2.45) is 7.05 Å². The molecule has 0 saturated carbocycles. The van der Waals surface area contributed by atoms with Gasteiger partial charge in [-0.3, -0.25) is 9.67 Å². The zero-order valence-electron chi connectivity index (χ0n) is 10.2. The monoisotopic (exact) mass is 318 g/mol. The van der Waals surface area contributed by atoms with Gasteiger partial charge in [-0.2, -0.15) is 5.10 Å². The number of rotatable bonds is 2. The zero-order chi connectivity index (χ0) is 13.4. The zero-order valence-corrected chi connectivity index (χ0v) is 11.8. The second-order valence-corrected chi connectivity index (χ2v) is 4.80. The predicted octanol–water partition coefficient (Wildman–Crippen LogP) is 3.09. The Balaban J connectivity index is 2.28. The largest absolute Gasteiger partial charge is 0.457 e. The molecule has 3 rings (SSSR count). The third-order valence-electron chi connectivity index (χ3n) is 2.93. The van der Waals surface area contributed by atoms with Gasteiger partial charge in [0.15, 0.2) is 4.67 Å². The minimum atomic E-state index is 0.606. The van der Waals surface area contributed by atoms with E-state index in [2.05, 4.69) is 26.0 Å². The molecule has 0 radical (unpaired) electrons. The first kappa shape index (κ1) is 12.0. The summed E-state index contributed by atoms with van der Waals surface area (Å²) in [7, 11) is 1.82. The number of pyridine rings is 1. The van der Waals surface area contributed by atoms with Crippen molar-refractivity contribution < 1.29 is 4.42 Å². The Morgan fingerprint density at radius 2 is 2.00 bits per heavy atom. The number of nitrogens with zero attached hydrogens (tertiary/aromatic N) is 3. The van der Waals surface area contributed by atoms with E-state index in [4.69, 9.17) is 10.2 Å². The maximum atomic E-state index is 6.13. The van der Waals surface area contributed by atoms with Gasteiger partial charge in [0.05, 0.1) is 17.4 Å². The molecule has 6 heteroatoms. The van der Waals surface area contributed by atoms with Crippen LogP contribution in [0.25, 0.3) is 22.4 Å². The van der Waals surface area contributed by atoms with Crippen LogP contribution in [0.5, 0.6) is 0 Å². The number of aromatic nitrogens is 3. The molecular weight excluding hydrogens is 308 g/mol. The number of furan rings is 1. The van der Waals surface area contributed by atoms with Crippen molar-refractivity contribution in [2.45, 2.75) is 0 Å².